The highest BCUT2D eigenvalue weighted by atomic mass is 79.9. The van der Waals surface area contributed by atoms with Gasteiger partial charge in [0.05, 0.1) is 11.3 Å². The number of nitrogens with zero attached hydrogens (tertiary/aromatic N) is 2. The molecule has 2 aliphatic rings. The topological polar surface area (TPSA) is 69.7 Å². The van der Waals surface area contributed by atoms with Gasteiger partial charge < -0.3 is 4.42 Å². The van der Waals surface area contributed by atoms with Gasteiger partial charge in [0.25, 0.3) is 5.91 Å². The Kier molecular flexibility index (Phi) is 4.77. The number of hydrogen-bond acceptors (Lipinski definition) is 4. The molecule has 0 atom stereocenters. The number of halogens is 1. The van der Waals surface area contributed by atoms with E-state index in [-0.39, 0.29) is 11.4 Å². The van der Waals surface area contributed by atoms with E-state index in [4.69, 9.17) is 9.83 Å². The molecule has 0 aliphatic carbocycles. The molecule has 1 amide bonds. The molecular formula is C23H14BrN3O2S. The first-order valence-electron chi connectivity index (χ1n) is 9.12. The highest BCUT2D eigenvalue weighted by Crippen LogP contribution is 2.37. The number of amides is 1. The van der Waals surface area contributed by atoms with Crippen molar-refractivity contribution in [3.63, 3.8) is 0 Å². The maximum Gasteiger partial charge on any atom is 0.283 e. The number of furan rings is 1. The van der Waals surface area contributed by atoms with Crippen molar-refractivity contribution in [1.82, 2.24) is 4.90 Å². The summed E-state index contributed by atoms with van der Waals surface area (Å²) in [5.74, 6) is 0.824. The number of carbonyl (C=O) groups is 1. The summed E-state index contributed by atoms with van der Waals surface area (Å²) in [4.78, 5) is 18.5. The van der Waals surface area contributed by atoms with Crippen LogP contribution in [0.5, 0.6) is 0 Å². The quantitative estimate of drug-likeness (QED) is 0.470. The van der Waals surface area contributed by atoms with Crippen LogP contribution in [0, 0.1) is 5.41 Å². The molecule has 3 heterocycles. The van der Waals surface area contributed by atoms with Gasteiger partial charge >= 0.3 is 0 Å². The molecular weight excluding hydrogens is 462 g/mol. The molecule has 0 unspecified atom stereocenters. The summed E-state index contributed by atoms with van der Waals surface area (Å²) in [5, 5.41) is 11.1. The number of benzene rings is 2. The van der Waals surface area contributed by atoms with Crippen molar-refractivity contribution in [3.8, 4) is 11.3 Å². The second-order valence-electron chi connectivity index (χ2n) is 6.64. The molecule has 7 heteroatoms. The molecule has 1 aromatic heterocycles. The first-order valence-corrected chi connectivity index (χ1v) is 10.8. The average Bonchev–Trinajstić information content (AvgIpc) is 3.39. The minimum absolute atomic E-state index is 0.0884. The monoisotopic (exact) mass is 475 g/mol. The molecule has 2 aromatic carbocycles. The Labute approximate surface area is 185 Å². The average molecular weight is 476 g/mol. The van der Waals surface area contributed by atoms with Gasteiger partial charge in [-0.2, -0.15) is 4.99 Å². The molecule has 5 nitrogen and oxygen atoms in total. The van der Waals surface area contributed by atoms with Gasteiger partial charge in [0, 0.05) is 15.4 Å². The lowest BCUT2D eigenvalue weighted by atomic mass is 10.1. The van der Waals surface area contributed by atoms with Crippen molar-refractivity contribution in [2.75, 3.05) is 0 Å². The summed E-state index contributed by atoms with van der Waals surface area (Å²) in [6, 6.07) is 21.2. The van der Waals surface area contributed by atoms with Gasteiger partial charge in [0.1, 0.15) is 17.4 Å². The van der Waals surface area contributed by atoms with Crippen LogP contribution < -0.4 is 0 Å². The molecule has 0 radical (unpaired) electrons. The third-order valence-electron chi connectivity index (χ3n) is 4.71. The summed E-state index contributed by atoms with van der Waals surface area (Å²) < 4.78 is 6.87. The summed E-state index contributed by atoms with van der Waals surface area (Å²) >= 11 is 4.80. The van der Waals surface area contributed by atoms with Crippen molar-refractivity contribution in [3.05, 3.63) is 93.5 Å². The lowest BCUT2D eigenvalue weighted by molar-refractivity contribution is -0.114. The van der Waals surface area contributed by atoms with E-state index < -0.39 is 5.91 Å². The maximum atomic E-state index is 12.6. The first kappa shape index (κ1) is 18.8. The zero-order valence-corrected chi connectivity index (χ0v) is 17.9. The largest absolute Gasteiger partial charge is 0.457 e. The first-order chi connectivity index (χ1) is 14.6. The second-order valence-corrected chi connectivity index (χ2v) is 8.39. The SMILES string of the molecule is N=C1/C(=C/c2ccc(-c3cccc(Br)c3)o2)C(=O)N=C2SC=C(c3ccccc3)N12. The maximum absolute atomic E-state index is 12.6. The molecule has 0 spiro atoms. The Morgan fingerprint density at radius 2 is 1.83 bits per heavy atom. The summed E-state index contributed by atoms with van der Waals surface area (Å²) in [6.45, 7) is 0. The van der Waals surface area contributed by atoms with Crippen LogP contribution in [0.1, 0.15) is 11.3 Å². The molecule has 3 aromatic rings. The predicted molar refractivity (Wildman–Crippen MR) is 124 cm³/mol. The van der Waals surface area contributed by atoms with Crippen molar-refractivity contribution < 1.29 is 9.21 Å². The Hall–Kier alpha value is -3.16. The molecule has 30 heavy (non-hydrogen) atoms. The van der Waals surface area contributed by atoms with E-state index in [1.165, 1.54) is 11.8 Å². The molecule has 0 saturated heterocycles. The van der Waals surface area contributed by atoms with E-state index in [0.29, 0.717) is 16.7 Å². The number of amidine groups is 2. The molecule has 2 aliphatic heterocycles. The van der Waals surface area contributed by atoms with Crippen LogP contribution >= 0.6 is 27.7 Å². The van der Waals surface area contributed by atoms with E-state index in [9.17, 15) is 4.79 Å². The van der Waals surface area contributed by atoms with Gasteiger partial charge in [-0.15, -0.1) is 0 Å². The van der Waals surface area contributed by atoms with Gasteiger partial charge in [0.15, 0.2) is 5.17 Å². The Bertz CT molecular complexity index is 1270. The number of nitrogens with one attached hydrogen (secondary N) is 1. The van der Waals surface area contributed by atoms with Crippen LogP contribution in [0.25, 0.3) is 23.1 Å². The molecule has 146 valence electrons. The van der Waals surface area contributed by atoms with Crippen LogP contribution in [0.15, 0.2) is 91.6 Å². The van der Waals surface area contributed by atoms with Gasteiger partial charge in [-0.25, -0.2) is 0 Å². The van der Waals surface area contributed by atoms with Crippen molar-refractivity contribution in [2.45, 2.75) is 0 Å². The van der Waals surface area contributed by atoms with Crippen LogP contribution in [0.3, 0.4) is 0 Å². The Morgan fingerprint density at radius 1 is 1.03 bits per heavy atom. The molecule has 0 fully saturated rings. The number of thioether (sulfide) groups is 1. The van der Waals surface area contributed by atoms with Gasteiger partial charge in [-0.3, -0.25) is 15.1 Å². The van der Waals surface area contributed by atoms with E-state index in [2.05, 4.69) is 20.9 Å². The molecule has 5 rings (SSSR count). The number of aliphatic imine (C=N–C) groups is 1. The Morgan fingerprint density at radius 3 is 2.63 bits per heavy atom. The normalized spacial score (nSPS) is 17.2. The third-order valence-corrected chi connectivity index (χ3v) is 6.03. The number of carbonyl (C=O) groups excluding carboxylic acids is 1. The van der Waals surface area contributed by atoms with Gasteiger partial charge in [-0.05, 0) is 35.9 Å². The highest BCUT2D eigenvalue weighted by Gasteiger charge is 2.36. The second kappa shape index (κ2) is 7.59. The van der Waals surface area contributed by atoms with E-state index >= 15 is 0 Å². The number of fused-ring (bicyclic) bond motifs is 1. The van der Waals surface area contributed by atoms with Gasteiger partial charge in [-0.1, -0.05) is 70.2 Å². The third kappa shape index (κ3) is 3.36. The lowest BCUT2D eigenvalue weighted by Gasteiger charge is -2.26. The highest BCUT2D eigenvalue weighted by molar-refractivity contribution is 9.10. The fourth-order valence-electron chi connectivity index (χ4n) is 3.28. The standard InChI is InChI=1S/C23H14BrN3O2S/c24-16-8-4-7-15(11-16)20-10-9-17(29-20)12-18-21(25)27-19(14-5-2-1-3-6-14)13-30-23(27)26-22(18)28/h1-13,25H/b18-12-,25-21?. The van der Waals surface area contributed by atoms with Crippen molar-refractivity contribution >= 4 is 56.4 Å². The van der Waals surface area contributed by atoms with Crippen molar-refractivity contribution in [1.29, 1.82) is 5.41 Å². The fraction of sp³-hybridized carbons (Fsp3) is 0. The zero-order chi connectivity index (χ0) is 20.7. The van der Waals surface area contributed by atoms with Crippen molar-refractivity contribution in [2.24, 2.45) is 4.99 Å². The summed E-state index contributed by atoms with van der Waals surface area (Å²) in [6.07, 6.45) is 1.58. The predicted octanol–water partition coefficient (Wildman–Crippen LogP) is 6.01. The van der Waals surface area contributed by atoms with Crippen LogP contribution in [0.2, 0.25) is 0 Å². The summed E-state index contributed by atoms with van der Waals surface area (Å²) in [5.41, 5.74) is 2.91. The minimum Gasteiger partial charge on any atom is -0.457 e. The lowest BCUT2D eigenvalue weighted by Crippen LogP contribution is -2.37. The molecule has 1 N–H and O–H groups in total. The van der Waals surface area contributed by atoms with E-state index in [0.717, 1.165) is 21.3 Å². The van der Waals surface area contributed by atoms with Crippen LogP contribution in [0.4, 0.5) is 0 Å². The number of rotatable bonds is 3. The smallest absolute Gasteiger partial charge is 0.283 e. The van der Waals surface area contributed by atoms with Crippen LogP contribution in [-0.4, -0.2) is 21.8 Å². The van der Waals surface area contributed by atoms with E-state index in [1.54, 1.807) is 17.0 Å². The number of hydrogen-bond donors (Lipinski definition) is 1. The van der Waals surface area contributed by atoms with Gasteiger partial charge in [0.2, 0.25) is 0 Å². The Balaban J connectivity index is 1.49. The molecule has 0 bridgehead atoms. The minimum atomic E-state index is -0.443. The van der Waals surface area contributed by atoms with Crippen LogP contribution in [-0.2, 0) is 4.79 Å². The van der Waals surface area contributed by atoms with E-state index in [1.807, 2.05) is 66.1 Å². The molecule has 0 saturated carbocycles. The summed E-state index contributed by atoms with van der Waals surface area (Å²) in [7, 11) is 0. The fourth-order valence-corrected chi connectivity index (χ4v) is 4.57. The zero-order valence-electron chi connectivity index (χ0n) is 15.5.